The predicted molar refractivity (Wildman–Crippen MR) is 96.5 cm³/mol. The largest absolute Gasteiger partial charge is 0.494 e. The van der Waals surface area contributed by atoms with Crippen LogP contribution in [0.3, 0.4) is 0 Å². The topological polar surface area (TPSA) is 27.7 Å². The van der Waals surface area contributed by atoms with Crippen molar-refractivity contribution in [1.29, 1.82) is 0 Å². The van der Waals surface area contributed by atoms with Gasteiger partial charge in [-0.2, -0.15) is 0 Å². The van der Waals surface area contributed by atoms with Gasteiger partial charge in [-0.25, -0.2) is 0 Å². The van der Waals surface area contributed by atoms with Crippen molar-refractivity contribution >= 4 is 5.69 Å². The quantitative estimate of drug-likeness (QED) is 0.817. The zero-order valence-electron chi connectivity index (χ0n) is 14.3. The van der Waals surface area contributed by atoms with E-state index in [4.69, 9.17) is 4.74 Å². The minimum atomic E-state index is 0.823. The molecule has 0 unspecified atom stereocenters. The van der Waals surface area contributed by atoms with Crippen molar-refractivity contribution in [3.63, 3.8) is 0 Å². The molecule has 4 nitrogen and oxygen atoms in total. The second-order valence-corrected chi connectivity index (χ2v) is 6.69. The van der Waals surface area contributed by atoms with Gasteiger partial charge in [-0.15, -0.1) is 0 Å². The summed E-state index contributed by atoms with van der Waals surface area (Å²) in [5.41, 5.74) is 1.31. The molecule has 2 heterocycles. The number of likely N-dealkylation sites (tertiary alicyclic amines) is 1. The molecule has 23 heavy (non-hydrogen) atoms. The van der Waals surface area contributed by atoms with E-state index in [1.807, 2.05) is 0 Å². The minimum Gasteiger partial charge on any atom is -0.494 e. The molecule has 1 aromatic rings. The lowest BCUT2D eigenvalue weighted by Crippen LogP contribution is -2.31. The summed E-state index contributed by atoms with van der Waals surface area (Å²) >= 11 is 0. The number of ether oxygens (including phenoxy) is 1. The summed E-state index contributed by atoms with van der Waals surface area (Å²) in [6.07, 6.45) is 6.49. The third-order valence-corrected chi connectivity index (χ3v) is 4.88. The first-order valence-corrected chi connectivity index (χ1v) is 9.33. The van der Waals surface area contributed by atoms with Gasteiger partial charge in [0.25, 0.3) is 0 Å². The number of nitrogens with zero attached hydrogens (tertiary/aromatic N) is 2. The van der Waals surface area contributed by atoms with Gasteiger partial charge < -0.3 is 19.9 Å². The summed E-state index contributed by atoms with van der Waals surface area (Å²) in [5.74, 6) is 1.00. The van der Waals surface area contributed by atoms with E-state index in [1.165, 1.54) is 51.0 Å². The van der Waals surface area contributed by atoms with Gasteiger partial charge in [-0.3, -0.25) is 0 Å². The lowest BCUT2D eigenvalue weighted by Gasteiger charge is -2.26. The standard InChI is InChI=1S/C19H31N3O/c1-2-12-21(13-3-1)14-5-17-23-19-8-6-18(7-9-19)22-15-4-10-20-11-16-22/h6-9,20H,1-5,10-17H2. The van der Waals surface area contributed by atoms with Gasteiger partial charge in [-0.05, 0) is 69.6 Å². The van der Waals surface area contributed by atoms with Gasteiger partial charge in [0.15, 0.2) is 0 Å². The van der Waals surface area contributed by atoms with Crippen LogP contribution < -0.4 is 15.0 Å². The number of nitrogens with one attached hydrogen (secondary N) is 1. The fourth-order valence-electron chi connectivity index (χ4n) is 3.52. The van der Waals surface area contributed by atoms with E-state index in [9.17, 15) is 0 Å². The number of rotatable bonds is 6. The molecule has 0 saturated carbocycles. The van der Waals surface area contributed by atoms with Crippen molar-refractivity contribution in [2.45, 2.75) is 32.1 Å². The Morgan fingerprint density at radius 1 is 0.870 bits per heavy atom. The second kappa shape index (κ2) is 9.14. The first-order valence-electron chi connectivity index (χ1n) is 9.33. The van der Waals surface area contributed by atoms with Gasteiger partial charge in [0.2, 0.25) is 0 Å². The average Bonchev–Trinajstić information content (AvgIpc) is 2.90. The van der Waals surface area contributed by atoms with E-state index in [2.05, 4.69) is 39.4 Å². The normalized spacial score (nSPS) is 20.3. The third-order valence-electron chi connectivity index (χ3n) is 4.88. The Balaban J connectivity index is 1.38. The highest BCUT2D eigenvalue weighted by Gasteiger charge is 2.10. The number of hydrogen-bond acceptors (Lipinski definition) is 4. The van der Waals surface area contributed by atoms with Gasteiger partial charge in [0.1, 0.15) is 5.75 Å². The molecule has 0 radical (unpaired) electrons. The maximum Gasteiger partial charge on any atom is 0.119 e. The van der Waals surface area contributed by atoms with Crippen LogP contribution in [0.15, 0.2) is 24.3 Å². The SMILES string of the molecule is c1cc(N2CCCNCC2)ccc1OCCCN1CCCCC1. The molecule has 1 aromatic carbocycles. The first kappa shape index (κ1) is 16.6. The Bertz CT molecular complexity index is 434. The fourth-order valence-corrected chi connectivity index (χ4v) is 3.52. The zero-order valence-corrected chi connectivity index (χ0v) is 14.3. The maximum atomic E-state index is 5.91. The van der Waals surface area contributed by atoms with E-state index in [0.29, 0.717) is 0 Å². The summed E-state index contributed by atoms with van der Waals surface area (Å²) in [5, 5.41) is 3.45. The molecule has 4 heteroatoms. The van der Waals surface area contributed by atoms with Crippen LogP contribution in [0.1, 0.15) is 32.1 Å². The molecule has 2 aliphatic heterocycles. The summed E-state index contributed by atoms with van der Waals surface area (Å²) in [6.45, 7) is 9.00. The molecule has 2 aliphatic rings. The van der Waals surface area contributed by atoms with Crippen molar-refractivity contribution in [2.75, 3.05) is 57.3 Å². The number of benzene rings is 1. The average molecular weight is 317 g/mol. The molecule has 0 spiro atoms. The molecule has 3 rings (SSSR count). The molecule has 0 bridgehead atoms. The molecule has 0 amide bonds. The van der Waals surface area contributed by atoms with E-state index in [-0.39, 0.29) is 0 Å². The van der Waals surface area contributed by atoms with E-state index < -0.39 is 0 Å². The molecular formula is C19H31N3O. The van der Waals surface area contributed by atoms with Gasteiger partial charge in [0.05, 0.1) is 6.61 Å². The summed E-state index contributed by atoms with van der Waals surface area (Å²) < 4.78 is 5.91. The highest BCUT2D eigenvalue weighted by molar-refractivity contribution is 5.49. The molecule has 0 aromatic heterocycles. The van der Waals surface area contributed by atoms with Crippen LogP contribution in [0.25, 0.3) is 0 Å². The Morgan fingerprint density at radius 3 is 2.52 bits per heavy atom. The molecular weight excluding hydrogens is 286 g/mol. The van der Waals surface area contributed by atoms with Crippen LogP contribution in [0, 0.1) is 0 Å². The van der Waals surface area contributed by atoms with Gasteiger partial charge >= 0.3 is 0 Å². The van der Waals surface area contributed by atoms with Crippen molar-refractivity contribution in [2.24, 2.45) is 0 Å². The Hall–Kier alpha value is -1.26. The first-order chi connectivity index (χ1) is 11.4. The summed E-state index contributed by atoms with van der Waals surface area (Å²) in [6, 6.07) is 8.64. The van der Waals surface area contributed by atoms with Gasteiger partial charge in [-0.1, -0.05) is 6.42 Å². The fraction of sp³-hybridized carbons (Fsp3) is 0.684. The van der Waals surface area contributed by atoms with Crippen LogP contribution in [0.2, 0.25) is 0 Å². The molecule has 2 saturated heterocycles. The van der Waals surface area contributed by atoms with E-state index in [1.54, 1.807) is 0 Å². The lowest BCUT2D eigenvalue weighted by molar-refractivity contribution is 0.205. The third kappa shape index (κ3) is 5.40. The van der Waals surface area contributed by atoms with Crippen molar-refractivity contribution in [3.05, 3.63) is 24.3 Å². The minimum absolute atomic E-state index is 0.823. The molecule has 0 aliphatic carbocycles. The second-order valence-electron chi connectivity index (χ2n) is 6.69. The summed E-state index contributed by atoms with van der Waals surface area (Å²) in [4.78, 5) is 5.03. The highest BCUT2D eigenvalue weighted by atomic mass is 16.5. The molecule has 0 atom stereocenters. The van der Waals surface area contributed by atoms with Crippen molar-refractivity contribution in [3.8, 4) is 5.75 Å². The number of piperidine rings is 1. The molecule has 1 N–H and O–H groups in total. The van der Waals surface area contributed by atoms with Crippen LogP contribution in [0.4, 0.5) is 5.69 Å². The Morgan fingerprint density at radius 2 is 1.70 bits per heavy atom. The van der Waals surface area contributed by atoms with E-state index in [0.717, 1.165) is 45.0 Å². The zero-order chi connectivity index (χ0) is 15.7. The van der Waals surface area contributed by atoms with Crippen LogP contribution in [-0.4, -0.2) is 57.3 Å². The monoisotopic (exact) mass is 317 g/mol. The van der Waals surface area contributed by atoms with E-state index >= 15 is 0 Å². The Labute approximate surface area is 140 Å². The molecule has 128 valence electrons. The predicted octanol–water partition coefficient (Wildman–Crippen LogP) is 2.74. The number of hydrogen-bond donors (Lipinski definition) is 1. The Kier molecular flexibility index (Phi) is 6.59. The summed E-state index contributed by atoms with van der Waals surface area (Å²) in [7, 11) is 0. The maximum absolute atomic E-state index is 5.91. The lowest BCUT2D eigenvalue weighted by atomic mass is 10.1. The van der Waals surface area contributed by atoms with Crippen LogP contribution >= 0.6 is 0 Å². The molecule has 2 fully saturated rings. The van der Waals surface area contributed by atoms with Gasteiger partial charge in [0, 0.05) is 31.9 Å². The van der Waals surface area contributed by atoms with Crippen LogP contribution in [0.5, 0.6) is 5.75 Å². The smallest absolute Gasteiger partial charge is 0.119 e. The van der Waals surface area contributed by atoms with Crippen molar-refractivity contribution in [1.82, 2.24) is 10.2 Å². The van der Waals surface area contributed by atoms with Crippen LogP contribution in [-0.2, 0) is 0 Å². The highest BCUT2D eigenvalue weighted by Crippen LogP contribution is 2.20. The van der Waals surface area contributed by atoms with Crippen molar-refractivity contribution < 1.29 is 4.74 Å². The number of anilines is 1.